The molecule has 0 spiro atoms. The van der Waals surface area contributed by atoms with Gasteiger partial charge in [-0.15, -0.1) is 10.2 Å². The van der Waals surface area contributed by atoms with Crippen LogP contribution in [0.2, 0.25) is 10.0 Å². The minimum Gasteiger partial charge on any atom is -0.505 e. The molecule has 0 saturated heterocycles. The molecule has 2 aromatic carbocycles. The maximum atomic E-state index is 13.6. The fraction of sp³-hybridized carbons (Fsp3) is 0.0556. The van der Waals surface area contributed by atoms with Gasteiger partial charge in [0, 0.05) is 0 Å². The zero-order valence-electron chi connectivity index (χ0n) is 14.9. The molecule has 2 amide bonds. The van der Waals surface area contributed by atoms with E-state index in [4.69, 9.17) is 23.2 Å². The molecular formula is C18H12Cl2FN5O3S. The Morgan fingerprint density at radius 3 is 2.60 bits per heavy atom. The summed E-state index contributed by atoms with van der Waals surface area (Å²) >= 11 is 12.6. The largest absolute Gasteiger partial charge is 0.505 e. The third-order valence-electron chi connectivity index (χ3n) is 3.56. The van der Waals surface area contributed by atoms with Crippen LogP contribution in [-0.2, 0) is 11.2 Å². The summed E-state index contributed by atoms with van der Waals surface area (Å²) in [5.41, 5.74) is 2.64. The van der Waals surface area contributed by atoms with Crippen molar-refractivity contribution in [2.75, 3.05) is 5.32 Å². The van der Waals surface area contributed by atoms with Gasteiger partial charge in [0.25, 0.3) is 5.91 Å². The molecule has 30 heavy (non-hydrogen) atoms. The van der Waals surface area contributed by atoms with E-state index in [2.05, 4.69) is 26.0 Å². The van der Waals surface area contributed by atoms with E-state index in [1.54, 1.807) is 0 Å². The Hall–Kier alpha value is -3.08. The van der Waals surface area contributed by atoms with Crippen LogP contribution in [0.3, 0.4) is 0 Å². The lowest BCUT2D eigenvalue weighted by Crippen LogP contribution is -2.19. The van der Waals surface area contributed by atoms with Crippen molar-refractivity contribution in [3.8, 4) is 5.75 Å². The number of anilines is 1. The highest BCUT2D eigenvalue weighted by Gasteiger charge is 2.15. The molecule has 12 heteroatoms. The first-order valence-electron chi connectivity index (χ1n) is 8.21. The summed E-state index contributed by atoms with van der Waals surface area (Å²) in [6.07, 6.45) is 1.16. The Morgan fingerprint density at radius 2 is 1.90 bits per heavy atom. The number of hydrazone groups is 1. The second-order valence-electron chi connectivity index (χ2n) is 5.74. The van der Waals surface area contributed by atoms with E-state index in [9.17, 15) is 19.1 Å². The Balaban J connectivity index is 1.55. The molecule has 154 valence electrons. The van der Waals surface area contributed by atoms with E-state index in [-0.39, 0.29) is 32.9 Å². The van der Waals surface area contributed by atoms with Crippen LogP contribution in [0.1, 0.15) is 20.9 Å². The van der Waals surface area contributed by atoms with Crippen molar-refractivity contribution in [2.24, 2.45) is 5.10 Å². The van der Waals surface area contributed by atoms with Crippen molar-refractivity contribution in [3.63, 3.8) is 0 Å². The number of amides is 2. The molecule has 8 nitrogen and oxygen atoms in total. The monoisotopic (exact) mass is 467 g/mol. The van der Waals surface area contributed by atoms with Crippen molar-refractivity contribution >= 4 is 57.7 Å². The van der Waals surface area contributed by atoms with Crippen molar-refractivity contribution in [1.29, 1.82) is 0 Å². The Kier molecular flexibility index (Phi) is 6.93. The number of phenols is 1. The third kappa shape index (κ3) is 5.50. The molecule has 3 rings (SSSR count). The number of aromatic hydroxyl groups is 1. The summed E-state index contributed by atoms with van der Waals surface area (Å²) in [7, 11) is 0. The van der Waals surface area contributed by atoms with E-state index < -0.39 is 17.6 Å². The van der Waals surface area contributed by atoms with Gasteiger partial charge in [-0.2, -0.15) is 5.10 Å². The summed E-state index contributed by atoms with van der Waals surface area (Å²) in [4.78, 5) is 24.0. The van der Waals surface area contributed by atoms with Gasteiger partial charge in [0.2, 0.25) is 11.0 Å². The van der Waals surface area contributed by atoms with Gasteiger partial charge in [0.15, 0.2) is 5.75 Å². The van der Waals surface area contributed by atoms with Gasteiger partial charge in [-0.3, -0.25) is 14.9 Å². The number of nitrogens with one attached hydrogen (secondary N) is 2. The number of nitrogens with zero attached hydrogens (tertiary/aromatic N) is 3. The van der Waals surface area contributed by atoms with Crippen molar-refractivity contribution in [3.05, 3.63) is 68.4 Å². The van der Waals surface area contributed by atoms with Gasteiger partial charge in [0.1, 0.15) is 10.8 Å². The average molecular weight is 468 g/mol. The molecule has 3 aromatic rings. The topological polar surface area (TPSA) is 117 Å². The maximum Gasteiger partial charge on any atom is 0.260 e. The molecule has 0 bridgehead atoms. The highest BCUT2D eigenvalue weighted by molar-refractivity contribution is 7.15. The van der Waals surface area contributed by atoms with Gasteiger partial charge in [0.05, 0.1) is 28.2 Å². The molecule has 0 aliphatic heterocycles. The predicted octanol–water partition coefficient (Wildman–Crippen LogP) is 3.63. The molecule has 0 aliphatic rings. The minimum atomic E-state index is -0.670. The number of carbonyl (C=O) groups excluding carboxylic acids is 2. The SMILES string of the molecule is O=C(Cc1nnc(NC(=O)c2ccccc2F)s1)N/N=C\c1cc(Cl)c(O)c(Cl)c1. The van der Waals surface area contributed by atoms with Gasteiger partial charge >= 0.3 is 0 Å². The van der Waals surface area contributed by atoms with Gasteiger partial charge < -0.3 is 5.11 Å². The smallest absolute Gasteiger partial charge is 0.260 e. The van der Waals surface area contributed by atoms with E-state index in [1.165, 1.54) is 42.6 Å². The number of rotatable bonds is 6. The number of carbonyl (C=O) groups is 2. The van der Waals surface area contributed by atoms with Crippen LogP contribution in [0.5, 0.6) is 5.75 Å². The molecular weight excluding hydrogens is 456 g/mol. The number of phenolic OH excluding ortho intramolecular Hbond substituents is 1. The standard InChI is InChI=1S/C18H12Cl2FN5O3S/c19-11-5-9(6-12(20)16(11)28)8-22-24-14(27)7-15-25-26-18(30-15)23-17(29)10-3-1-2-4-13(10)21/h1-6,8,28H,7H2,(H,24,27)(H,23,26,29)/b22-8-. The fourth-order valence-corrected chi connectivity index (χ4v) is 3.44. The van der Waals surface area contributed by atoms with Crippen LogP contribution in [0, 0.1) is 5.82 Å². The van der Waals surface area contributed by atoms with Crippen molar-refractivity contribution in [2.45, 2.75) is 6.42 Å². The predicted molar refractivity (Wildman–Crippen MR) is 112 cm³/mol. The second-order valence-corrected chi connectivity index (χ2v) is 7.61. The summed E-state index contributed by atoms with van der Waals surface area (Å²) in [5, 5.41) is 23.8. The lowest BCUT2D eigenvalue weighted by atomic mass is 10.2. The van der Waals surface area contributed by atoms with Crippen molar-refractivity contribution in [1.82, 2.24) is 15.6 Å². The lowest BCUT2D eigenvalue weighted by molar-refractivity contribution is -0.120. The Bertz CT molecular complexity index is 1120. The van der Waals surface area contributed by atoms with Crippen LogP contribution in [0.25, 0.3) is 0 Å². The van der Waals surface area contributed by atoms with Gasteiger partial charge in [-0.05, 0) is 29.8 Å². The van der Waals surface area contributed by atoms with Crippen LogP contribution in [0.4, 0.5) is 9.52 Å². The van der Waals surface area contributed by atoms with E-state index >= 15 is 0 Å². The van der Waals surface area contributed by atoms with Crippen LogP contribution >= 0.6 is 34.5 Å². The maximum absolute atomic E-state index is 13.6. The second kappa shape index (κ2) is 9.61. The van der Waals surface area contributed by atoms with Gasteiger partial charge in [-0.25, -0.2) is 9.82 Å². The Labute approximate surface area is 183 Å². The molecule has 0 unspecified atom stereocenters. The highest BCUT2D eigenvalue weighted by Crippen LogP contribution is 2.32. The number of hydrogen-bond donors (Lipinski definition) is 3. The molecule has 3 N–H and O–H groups in total. The number of hydrogen-bond acceptors (Lipinski definition) is 7. The fourth-order valence-electron chi connectivity index (χ4n) is 2.20. The highest BCUT2D eigenvalue weighted by atomic mass is 35.5. The summed E-state index contributed by atoms with van der Waals surface area (Å²) in [5.74, 6) is -2.05. The molecule has 0 radical (unpaired) electrons. The zero-order valence-corrected chi connectivity index (χ0v) is 17.2. The van der Waals surface area contributed by atoms with Crippen LogP contribution < -0.4 is 10.7 Å². The average Bonchev–Trinajstić information content (AvgIpc) is 3.12. The Morgan fingerprint density at radius 1 is 1.20 bits per heavy atom. The summed E-state index contributed by atoms with van der Waals surface area (Å²) in [6, 6.07) is 8.37. The number of aromatic nitrogens is 2. The minimum absolute atomic E-state index is 0.0501. The third-order valence-corrected chi connectivity index (χ3v) is 4.97. The molecule has 1 heterocycles. The molecule has 0 saturated carbocycles. The molecule has 0 fully saturated rings. The number of halogens is 3. The lowest BCUT2D eigenvalue weighted by Gasteiger charge is -2.02. The first kappa shape index (κ1) is 21.6. The van der Waals surface area contributed by atoms with Crippen LogP contribution in [-0.4, -0.2) is 33.3 Å². The first-order valence-corrected chi connectivity index (χ1v) is 9.79. The summed E-state index contributed by atoms with van der Waals surface area (Å²) in [6.45, 7) is 0. The molecule has 0 aliphatic carbocycles. The first-order chi connectivity index (χ1) is 14.3. The molecule has 1 aromatic heterocycles. The van der Waals surface area contributed by atoms with Crippen LogP contribution in [0.15, 0.2) is 41.5 Å². The zero-order chi connectivity index (χ0) is 21.7. The van der Waals surface area contributed by atoms with E-state index in [1.807, 2.05) is 0 Å². The normalized spacial score (nSPS) is 10.9. The van der Waals surface area contributed by atoms with E-state index in [0.29, 0.717) is 10.6 Å². The van der Waals surface area contributed by atoms with E-state index in [0.717, 1.165) is 11.3 Å². The molecule has 0 atom stereocenters. The van der Waals surface area contributed by atoms with Gasteiger partial charge in [-0.1, -0.05) is 46.7 Å². The summed E-state index contributed by atoms with van der Waals surface area (Å²) < 4.78 is 13.6. The quantitative estimate of drug-likeness (QED) is 0.377. The number of benzene rings is 2. The van der Waals surface area contributed by atoms with Crippen molar-refractivity contribution < 1.29 is 19.1 Å².